The van der Waals surface area contributed by atoms with Gasteiger partial charge in [0.1, 0.15) is 33.5 Å². The zero-order chi connectivity index (χ0) is 59.9. The van der Waals surface area contributed by atoms with Crippen molar-refractivity contribution in [2.24, 2.45) is 0 Å². The fourth-order valence-electron chi connectivity index (χ4n) is 15.8. The molecule has 21 aromatic rings. The van der Waals surface area contributed by atoms with Crippen molar-refractivity contribution in [1.82, 2.24) is 0 Å². The highest BCUT2D eigenvalue weighted by Crippen LogP contribution is 2.50. The molecule has 0 amide bonds. The van der Waals surface area contributed by atoms with Crippen molar-refractivity contribution in [1.29, 1.82) is 0 Å². The number of fused-ring (bicyclic) bond motifs is 20. The molecule has 3 nitrogen and oxygen atoms in total. The average Bonchev–Trinajstić information content (AvgIpc) is 1.04. The van der Waals surface area contributed by atoms with E-state index in [-0.39, 0.29) is 0 Å². The Morgan fingerprint density at radius 1 is 0.185 bits per heavy atom. The van der Waals surface area contributed by atoms with Gasteiger partial charge in [-0.15, -0.1) is 11.3 Å². The standard InChI is InChI=1S/C88H48O3S/c1-2-16-51-46-80-74(40-50(51)15-1)72-43-55(30-36-77(72)89-80)85-65-23-9-11-25-67(65)87(68-26-12-10-24-66(68)85)57-33-39-82-76(45-57)60-34-29-53(47-83(60)92-82)58-27-13-17-52-41-75-73-44-56(31-37-78(73)90-81(75)48-70(52)58)86-63-21-7-5-19-61(63)84(62-20-6-8-22-64(62)86)54-32-38-79-71(42-54)69-35-28-49-14-3-4-18-59(49)88(69)91-79/h1-48H. The molecule has 0 N–H and O–H groups in total. The summed E-state index contributed by atoms with van der Waals surface area (Å²) in [7, 11) is 0. The summed E-state index contributed by atoms with van der Waals surface area (Å²) in [6.07, 6.45) is 0. The van der Waals surface area contributed by atoms with E-state index in [0.29, 0.717) is 0 Å². The van der Waals surface area contributed by atoms with E-state index >= 15 is 0 Å². The summed E-state index contributed by atoms with van der Waals surface area (Å²) in [6.45, 7) is 0. The van der Waals surface area contributed by atoms with Gasteiger partial charge < -0.3 is 13.3 Å². The highest BCUT2D eigenvalue weighted by atomic mass is 32.1. The van der Waals surface area contributed by atoms with Crippen molar-refractivity contribution in [2.75, 3.05) is 0 Å². The van der Waals surface area contributed by atoms with Gasteiger partial charge in [0, 0.05) is 57.9 Å². The van der Waals surface area contributed by atoms with Crippen molar-refractivity contribution in [3.8, 4) is 55.6 Å². The van der Waals surface area contributed by atoms with Crippen LogP contribution in [0, 0.1) is 0 Å². The summed E-state index contributed by atoms with van der Waals surface area (Å²) in [6, 6.07) is 107. The second kappa shape index (κ2) is 18.9. The number of benzene rings is 17. The minimum Gasteiger partial charge on any atom is -0.456 e. The molecule has 424 valence electrons. The smallest absolute Gasteiger partial charge is 0.143 e. The maximum atomic E-state index is 6.85. The molecule has 0 saturated carbocycles. The Labute approximate surface area is 529 Å². The van der Waals surface area contributed by atoms with Crippen LogP contribution in [0.25, 0.3) is 217 Å². The van der Waals surface area contributed by atoms with Crippen molar-refractivity contribution in [3.63, 3.8) is 0 Å². The fourth-order valence-corrected chi connectivity index (χ4v) is 17.0. The Hall–Kier alpha value is -11.8. The van der Waals surface area contributed by atoms with Crippen LogP contribution in [-0.2, 0) is 0 Å². The molecule has 0 aliphatic carbocycles. The van der Waals surface area contributed by atoms with Gasteiger partial charge in [-0.05, 0) is 211 Å². The first kappa shape index (κ1) is 50.1. The van der Waals surface area contributed by atoms with Gasteiger partial charge in [0.15, 0.2) is 0 Å². The molecule has 4 heterocycles. The van der Waals surface area contributed by atoms with Gasteiger partial charge >= 0.3 is 0 Å². The highest BCUT2D eigenvalue weighted by Gasteiger charge is 2.23. The second-order valence-corrected chi connectivity index (χ2v) is 26.0. The third-order valence-electron chi connectivity index (χ3n) is 20.0. The van der Waals surface area contributed by atoms with Gasteiger partial charge in [-0.1, -0.05) is 206 Å². The lowest BCUT2D eigenvalue weighted by Gasteiger charge is -2.18. The van der Waals surface area contributed by atoms with Gasteiger partial charge in [-0.3, -0.25) is 0 Å². The first-order chi connectivity index (χ1) is 45.6. The molecule has 0 fully saturated rings. The van der Waals surface area contributed by atoms with E-state index in [1.54, 1.807) is 0 Å². The van der Waals surface area contributed by atoms with Crippen LogP contribution >= 0.6 is 11.3 Å². The van der Waals surface area contributed by atoms with Crippen LogP contribution < -0.4 is 0 Å². The molecule has 0 unspecified atom stereocenters. The molecule has 0 aliphatic heterocycles. The second-order valence-electron chi connectivity index (χ2n) is 24.9. The molecule has 0 saturated heterocycles. The molecule has 21 rings (SSSR count). The predicted molar refractivity (Wildman–Crippen MR) is 391 cm³/mol. The molecular formula is C88H48O3S. The Morgan fingerprint density at radius 3 is 1.14 bits per heavy atom. The summed E-state index contributed by atoms with van der Waals surface area (Å²) < 4.78 is 22.5. The van der Waals surface area contributed by atoms with E-state index < -0.39 is 0 Å². The quantitative estimate of drug-likeness (QED) is 0.161. The van der Waals surface area contributed by atoms with Gasteiger partial charge in [0.2, 0.25) is 0 Å². The molecule has 0 atom stereocenters. The molecule has 0 aliphatic rings. The molecule has 17 aromatic carbocycles. The minimum atomic E-state index is 0.873. The Balaban J connectivity index is 0.654. The molecule has 0 bridgehead atoms. The van der Waals surface area contributed by atoms with Crippen LogP contribution in [0.2, 0.25) is 0 Å². The van der Waals surface area contributed by atoms with E-state index in [0.717, 1.165) is 76.8 Å². The lowest BCUT2D eigenvalue weighted by Crippen LogP contribution is -1.90. The monoisotopic (exact) mass is 1180 g/mol. The zero-order valence-electron chi connectivity index (χ0n) is 49.3. The topological polar surface area (TPSA) is 39.4 Å². The number of furan rings is 3. The summed E-state index contributed by atoms with van der Waals surface area (Å²) in [5.41, 5.74) is 17.4. The maximum absolute atomic E-state index is 6.85. The molecular weight excluding hydrogens is 1140 g/mol. The Bertz CT molecular complexity index is 6710. The first-order valence-corrected chi connectivity index (χ1v) is 32.3. The van der Waals surface area contributed by atoms with E-state index in [1.165, 1.54) is 140 Å². The predicted octanol–water partition coefficient (Wildman–Crippen LogP) is 26.2. The Morgan fingerprint density at radius 2 is 0.587 bits per heavy atom. The lowest BCUT2D eigenvalue weighted by atomic mass is 9.85. The maximum Gasteiger partial charge on any atom is 0.143 e. The van der Waals surface area contributed by atoms with Gasteiger partial charge in [-0.25, -0.2) is 0 Å². The number of hydrogen-bond acceptors (Lipinski definition) is 4. The molecule has 4 aromatic heterocycles. The normalized spacial score (nSPS) is 12.3. The van der Waals surface area contributed by atoms with E-state index in [1.807, 2.05) is 11.3 Å². The van der Waals surface area contributed by atoms with Crippen molar-refractivity contribution in [2.45, 2.75) is 0 Å². The summed E-state index contributed by atoms with van der Waals surface area (Å²) >= 11 is 1.87. The number of hydrogen-bond donors (Lipinski definition) is 0. The summed E-state index contributed by atoms with van der Waals surface area (Å²) in [5.74, 6) is 0. The van der Waals surface area contributed by atoms with Gasteiger partial charge in [0.25, 0.3) is 0 Å². The first-order valence-electron chi connectivity index (χ1n) is 31.5. The SMILES string of the molecule is c1ccc2cc3c(cc2c1)oc1ccc(-c2c4ccccc4c(-c4ccc5sc6cc(-c7cccc8cc9c(cc78)oc7ccc(-c8c%10ccccc%10c(-c%10ccc%11oc%12c%13ccccc%13ccc%12c%11c%10)c%10ccccc8%10)cc79)ccc6c5c4)c4ccccc24)cc13. The molecule has 92 heavy (non-hydrogen) atoms. The minimum absolute atomic E-state index is 0.873. The van der Waals surface area contributed by atoms with Gasteiger partial charge in [-0.2, -0.15) is 0 Å². The molecule has 0 radical (unpaired) electrons. The van der Waals surface area contributed by atoms with Crippen LogP contribution in [0.3, 0.4) is 0 Å². The van der Waals surface area contributed by atoms with Crippen LogP contribution in [0.5, 0.6) is 0 Å². The van der Waals surface area contributed by atoms with Crippen molar-refractivity contribution < 1.29 is 13.3 Å². The number of rotatable bonds is 5. The summed E-state index contributed by atoms with van der Waals surface area (Å²) in [4.78, 5) is 0. The third kappa shape index (κ3) is 7.21. The van der Waals surface area contributed by atoms with Crippen LogP contribution in [0.1, 0.15) is 0 Å². The van der Waals surface area contributed by atoms with Crippen LogP contribution in [0.15, 0.2) is 304 Å². The lowest BCUT2D eigenvalue weighted by molar-refractivity contribution is 0.669. The number of thiophene rings is 1. The third-order valence-corrected chi connectivity index (χ3v) is 21.1. The van der Waals surface area contributed by atoms with Crippen LogP contribution in [0.4, 0.5) is 0 Å². The van der Waals surface area contributed by atoms with Crippen molar-refractivity contribution in [3.05, 3.63) is 291 Å². The average molecular weight is 1190 g/mol. The fraction of sp³-hybridized carbons (Fsp3) is 0. The van der Waals surface area contributed by atoms with Crippen molar-refractivity contribution >= 4 is 173 Å². The largest absolute Gasteiger partial charge is 0.456 e. The molecule has 4 heteroatoms. The zero-order valence-corrected chi connectivity index (χ0v) is 50.2. The molecule has 0 spiro atoms. The highest BCUT2D eigenvalue weighted by molar-refractivity contribution is 7.25. The van der Waals surface area contributed by atoms with E-state index in [9.17, 15) is 0 Å². The van der Waals surface area contributed by atoms with Crippen LogP contribution in [-0.4, -0.2) is 0 Å². The summed E-state index contributed by atoms with van der Waals surface area (Å²) in [5, 5.41) is 26.1. The Kier molecular flexibility index (Phi) is 10.3. The van der Waals surface area contributed by atoms with Gasteiger partial charge in [0.05, 0.1) is 0 Å². The van der Waals surface area contributed by atoms with E-state index in [2.05, 4.69) is 291 Å². The van der Waals surface area contributed by atoms with E-state index in [4.69, 9.17) is 13.3 Å².